The predicted molar refractivity (Wildman–Crippen MR) is 494 cm³/mol. The molecule has 679 valence electrons. The number of fused-ring (bicyclic) bond motifs is 4. The number of esters is 4. The fraction of sp³-hybridized carbons (Fsp3) is 0.565. The first kappa shape index (κ1) is 101. The maximum atomic E-state index is 12.8. The smallest absolute Gasteiger partial charge is 0.342 e. The number of hydrogen-bond donors (Lipinski definition) is 6. The number of nitrogen functional groups attached to an aromatic ring is 3. The molecule has 0 spiro atoms. The molecule has 14 rings (SSSR count). The molecular weight excluding hydrogens is 1830 g/mol. The SMILES string of the molecule is CCCCN1CCC(CCC(=O)c2cc(Cl)c(N)c3c2OCCO3)CC1.CCCCN1CCC(COC(=O)c2cc(I)c(N)c3c2OCCO3)CC1.Cn1cc(C(=O)OCC2CCN(CCNS(C)(=O)=O)CC2)c2ccccc21.O=C(OCCN1CCCCC1)c1c[nH]c2ccccc12.[CH2-]c1c(N)c(Cl)cc(C(=O)OCC2CCN(CCCC)CC2)c1O.[Y]. The zero-order valence-electron chi connectivity index (χ0n) is 73.0. The Bertz CT molecular complexity index is 4600. The number of Topliss-reactive ketones (excluding diaryl/α,β-unsaturated/α-hetero) is 1. The van der Waals surface area contributed by atoms with E-state index >= 15 is 0 Å². The van der Waals surface area contributed by atoms with Crippen molar-refractivity contribution in [1.82, 2.24) is 38.8 Å². The number of ketones is 1. The molecule has 5 fully saturated rings. The number of unbranched alkanes of at least 4 members (excludes halogenated alkanes) is 3. The second-order valence-electron chi connectivity index (χ2n) is 33.1. The number of H-pyrrole nitrogens is 1. The Hall–Kier alpha value is -6.88. The van der Waals surface area contributed by atoms with E-state index in [1.54, 1.807) is 18.3 Å². The van der Waals surface area contributed by atoms with E-state index in [0.29, 0.717) is 158 Å². The number of carbonyl (C=O) groups is 5. The van der Waals surface area contributed by atoms with Crippen molar-refractivity contribution in [3.05, 3.63) is 133 Å². The van der Waals surface area contributed by atoms with Crippen molar-refractivity contribution < 1.29 is 108 Å². The number of piperidine rings is 5. The Morgan fingerprint density at radius 2 is 0.976 bits per heavy atom. The van der Waals surface area contributed by atoms with Crippen molar-refractivity contribution in [2.24, 2.45) is 30.7 Å². The predicted octanol–water partition coefficient (Wildman–Crippen LogP) is 15.4. The molecule has 1 radical (unpaired) electrons. The van der Waals surface area contributed by atoms with Crippen LogP contribution in [0.2, 0.25) is 10.0 Å². The standard InChI is InChI=1S/C20H29ClN2O3.C19H27IN2O4.C19H27N3O4S.C18H26ClN2O3.C16H20N2O2.Y/c1-2-3-8-23-9-6-14(7-10-23)4-5-17(24)15-13-16(21)18(22)20-19(15)25-11-12-26-20;1-2-3-6-22-7-4-13(5-8-22)12-26-19(23)14-11-15(20)16(21)18-17(14)24-9-10-25-18;1-21-13-17(16-5-3-4-6-18(16)21)19(23)26-14-15-7-10-22(11-8-15)12-9-20-27(2,24)25;1-3-4-7-21-8-5-13(6-9-21)11-24-18(23)14-10-15(19)16(20)12(2)17(14)22;19-16(20-11-10-18-8-4-1-5-9-18)14-12-17-15-7-3-2-6-13(14)15;/h13-14H,2-12,22H2,1H3;11,13H,2-10,12,21H2,1H3;3-6,13,15,20H,7-12,14H2,1-2H3;10,13,22H,2-9,11,20H2,1H3;2-3,6-7,12,17H,1,4-5,8-11H2;/q;;;-1;;. The van der Waals surface area contributed by atoms with Crippen molar-refractivity contribution >= 4 is 124 Å². The molecule has 0 atom stereocenters. The number of aryl methyl sites for hydroxylation is 1. The topological polar surface area (TPSA) is 341 Å². The molecule has 5 aromatic carbocycles. The van der Waals surface area contributed by atoms with E-state index < -0.39 is 16.0 Å². The van der Waals surface area contributed by atoms with Gasteiger partial charge in [0.1, 0.15) is 38.6 Å². The Morgan fingerprint density at radius 3 is 1.51 bits per heavy atom. The minimum absolute atomic E-state index is 0. The van der Waals surface area contributed by atoms with Gasteiger partial charge in [-0.2, -0.15) is 6.92 Å². The summed E-state index contributed by atoms with van der Waals surface area (Å²) < 4.78 is 71.8. The molecule has 0 saturated carbocycles. The third-order valence-electron chi connectivity index (χ3n) is 24.0. The van der Waals surface area contributed by atoms with E-state index in [9.17, 15) is 37.5 Å². The molecule has 7 aromatic rings. The average Bonchev–Trinajstić information content (AvgIpc) is 0.896. The maximum absolute atomic E-state index is 12.8. The molecule has 9 N–H and O–H groups in total. The van der Waals surface area contributed by atoms with Crippen molar-refractivity contribution in [1.29, 1.82) is 0 Å². The Balaban J connectivity index is 0.000000176. The summed E-state index contributed by atoms with van der Waals surface area (Å²) in [5.74, 6) is 1.82. The first-order valence-electron chi connectivity index (χ1n) is 44.1. The van der Waals surface area contributed by atoms with Crippen molar-refractivity contribution in [2.75, 3.05) is 181 Å². The van der Waals surface area contributed by atoms with E-state index in [-0.39, 0.29) is 84.0 Å². The van der Waals surface area contributed by atoms with Crippen LogP contribution in [0.5, 0.6) is 28.7 Å². The van der Waals surface area contributed by atoms with E-state index in [1.165, 1.54) is 96.0 Å². The van der Waals surface area contributed by atoms with Crippen LogP contribution in [-0.4, -0.2) is 241 Å². The normalized spacial score (nSPS) is 17.0. The molecule has 7 aliphatic rings. The van der Waals surface area contributed by atoms with Gasteiger partial charge >= 0.3 is 23.9 Å². The molecule has 7 aliphatic heterocycles. The molecule has 9 heterocycles. The van der Waals surface area contributed by atoms with Crippen LogP contribution in [0.15, 0.2) is 79.1 Å². The largest absolute Gasteiger partial charge is 0.564 e. The number of halogens is 3. The first-order valence-corrected chi connectivity index (χ1v) is 47.8. The molecular formula is C92H129Cl2IN11O16SY-. The van der Waals surface area contributed by atoms with Crippen molar-refractivity contribution in [2.45, 2.75) is 143 Å². The number of likely N-dealkylation sites (tertiary alicyclic amines) is 5. The van der Waals surface area contributed by atoms with Gasteiger partial charge in [0.15, 0.2) is 28.8 Å². The average molecular weight is 1960 g/mol. The molecule has 0 aliphatic carbocycles. The van der Waals surface area contributed by atoms with Crippen molar-refractivity contribution in [3.63, 3.8) is 0 Å². The van der Waals surface area contributed by atoms with E-state index in [4.69, 9.17) is 78.3 Å². The number of aromatic hydroxyl groups is 1. The number of phenolic OH excluding ortho intramolecular Hbond substituents is 1. The molecule has 124 heavy (non-hydrogen) atoms. The third-order valence-corrected chi connectivity index (χ3v) is 26.2. The van der Waals surface area contributed by atoms with Crippen LogP contribution in [0, 0.1) is 34.2 Å². The van der Waals surface area contributed by atoms with Crippen LogP contribution in [-0.2, 0) is 68.7 Å². The maximum Gasteiger partial charge on any atom is 0.342 e. The number of aromatic amines is 1. The zero-order valence-corrected chi connectivity index (χ0v) is 80.4. The van der Waals surface area contributed by atoms with Crippen LogP contribution in [0.25, 0.3) is 21.8 Å². The Kier molecular flexibility index (Phi) is 41.8. The number of nitrogens with two attached hydrogens (primary N) is 3. The fourth-order valence-electron chi connectivity index (χ4n) is 16.3. The van der Waals surface area contributed by atoms with E-state index in [2.05, 4.69) is 84.5 Å². The van der Waals surface area contributed by atoms with Crippen molar-refractivity contribution in [3.8, 4) is 28.7 Å². The number of anilines is 3. The quantitative estimate of drug-likeness (QED) is 0.00608. The summed E-state index contributed by atoms with van der Waals surface area (Å²) in [6.07, 6.45) is 25.9. The summed E-state index contributed by atoms with van der Waals surface area (Å²) in [6, 6.07) is 20.3. The monoisotopic (exact) mass is 1960 g/mol. The van der Waals surface area contributed by atoms with Gasteiger partial charge in [-0.3, -0.25) is 9.69 Å². The minimum atomic E-state index is -3.13. The number of ether oxygens (including phenoxy) is 8. The van der Waals surface area contributed by atoms with Crippen LogP contribution in [0.1, 0.15) is 200 Å². The number of para-hydroxylation sites is 2. The van der Waals surface area contributed by atoms with Gasteiger partial charge in [-0.1, -0.05) is 106 Å². The summed E-state index contributed by atoms with van der Waals surface area (Å²) in [5, 5.41) is 12.4. The molecule has 2 aromatic heterocycles. The van der Waals surface area contributed by atoms with Gasteiger partial charge in [-0.15, -0.1) is 5.56 Å². The first-order chi connectivity index (χ1) is 59.3. The molecule has 27 nitrogen and oxygen atoms in total. The summed E-state index contributed by atoms with van der Waals surface area (Å²) in [4.78, 5) is 77.4. The summed E-state index contributed by atoms with van der Waals surface area (Å²) in [7, 11) is -1.21. The number of hydrogen-bond acceptors (Lipinski definition) is 24. The van der Waals surface area contributed by atoms with Crippen LogP contribution in [0.4, 0.5) is 17.1 Å². The van der Waals surface area contributed by atoms with Crippen LogP contribution in [0.3, 0.4) is 0 Å². The molecule has 0 bridgehead atoms. The number of sulfonamides is 1. The molecule has 0 amide bonds. The number of benzene rings is 5. The molecule has 0 unspecified atom stereocenters. The third kappa shape index (κ3) is 30.1. The fourth-order valence-corrected chi connectivity index (χ4v) is 17.8. The number of nitrogens with one attached hydrogen (secondary N) is 2. The number of aromatic nitrogens is 2. The zero-order chi connectivity index (χ0) is 88.0. The van der Waals surface area contributed by atoms with E-state index in [0.717, 1.165) is 149 Å². The Morgan fingerprint density at radius 1 is 0.540 bits per heavy atom. The van der Waals surface area contributed by atoms with Gasteiger partial charge < -0.3 is 89.4 Å². The van der Waals surface area contributed by atoms with Gasteiger partial charge in [-0.05, 0) is 257 Å². The van der Waals surface area contributed by atoms with Crippen LogP contribution < -0.4 is 40.9 Å². The van der Waals surface area contributed by atoms with Gasteiger partial charge in [-0.25, -0.2) is 32.3 Å². The number of phenols is 1. The van der Waals surface area contributed by atoms with Gasteiger partial charge in [0.25, 0.3) is 0 Å². The van der Waals surface area contributed by atoms with Gasteiger partial charge in [0.2, 0.25) is 10.0 Å². The second-order valence-corrected chi connectivity index (χ2v) is 36.9. The number of rotatable bonds is 30. The molecule has 32 heteroatoms. The van der Waals surface area contributed by atoms with Crippen LogP contribution >= 0.6 is 45.8 Å². The van der Waals surface area contributed by atoms with Gasteiger partial charge in [0.05, 0.1) is 59.2 Å². The molecule has 5 saturated heterocycles. The minimum Gasteiger partial charge on any atom is -0.564 e. The second kappa shape index (κ2) is 51.3. The van der Waals surface area contributed by atoms with E-state index in [1.807, 2.05) is 66.3 Å². The summed E-state index contributed by atoms with van der Waals surface area (Å²) in [5.41, 5.74) is 23.0. The Labute approximate surface area is 781 Å². The number of carbonyl (C=O) groups excluding carboxylic acids is 5. The number of nitrogens with zero attached hydrogens (tertiary/aromatic N) is 6. The van der Waals surface area contributed by atoms with Gasteiger partial charge in [0, 0.05) is 120 Å². The summed E-state index contributed by atoms with van der Waals surface area (Å²) >= 11 is 14.2. The summed E-state index contributed by atoms with van der Waals surface area (Å²) in [6.45, 7) is 29.8.